The van der Waals surface area contributed by atoms with Crippen molar-refractivity contribution in [2.24, 2.45) is 5.41 Å². The molecule has 0 heterocycles. The van der Waals surface area contributed by atoms with Gasteiger partial charge in [0.25, 0.3) is 0 Å². The fourth-order valence-electron chi connectivity index (χ4n) is 0.633. The van der Waals surface area contributed by atoms with Crippen LogP contribution < -0.4 is 5.32 Å². The minimum Gasteiger partial charge on any atom is -0.480 e. The van der Waals surface area contributed by atoms with Crippen molar-refractivity contribution >= 4 is 5.97 Å². The van der Waals surface area contributed by atoms with Crippen LogP contribution in [-0.2, 0) is 4.79 Å². The van der Waals surface area contributed by atoms with Gasteiger partial charge in [0.15, 0.2) is 0 Å². The van der Waals surface area contributed by atoms with Crippen LogP contribution in [0.25, 0.3) is 0 Å². The van der Waals surface area contributed by atoms with Crippen molar-refractivity contribution in [2.45, 2.75) is 27.2 Å². The van der Waals surface area contributed by atoms with Crippen molar-refractivity contribution in [3.05, 3.63) is 0 Å². The van der Waals surface area contributed by atoms with Gasteiger partial charge in [0.05, 0.1) is 6.54 Å². The van der Waals surface area contributed by atoms with Gasteiger partial charge in [-0.1, -0.05) is 20.8 Å². The van der Waals surface area contributed by atoms with Crippen molar-refractivity contribution in [2.75, 3.05) is 13.1 Å². The van der Waals surface area contributed by atoms with Crippen molar-refractivity contribution in [1.29, 1.82) is 0 Å². The summed E-state index contributed by atoms with van der Waals surface area (Å²) in [6, 6.07) is 0. The number of rotatable bonds is 5. The summed E-state index contributed by atoms with van der Waals surface area (Å²) in [4.78, 5) is 10.1. The SMILES string of the molecule is CCC(C)(C)CNCC(=O)O. The van der Waals surface area contributed by atoms with Gasteiger partial charge in [-0.15, -0.1) is 0 Å². The monoisotopic (exact) mass is 159 g/mol. The topological polar surface area (TPSA) is 49.3 Å². The highest BCUT2D eigenvalue weighted by Gasteiger charge is 2.14. The van der Waals surface area contributed by atoms with E-state index < -0.39 is 5.97 Å². The molecule has 0 amide bonds. The van der Waals surface area contributed by atoms with Gasteiger partial charge in [0, 0.05) is 6.54 Å². The maximum absolute atomic E-state index is 10.1. The Morgan fingerprint density at radius 1 is 1.55 bits per heavy atom. The molecule has 3 heteroatoms. The summed E-state index contributed by atoms with van der Waals surface area (Å²) in [7, 11) is 0. The Kier molecular flexibility index (Phi) is 4.11. The van der Waals surface area contributed by atoms with Gasteiger partial charge in [-0.25, -0.2) is 0 Å². The molecule has 66 valence electrons. The lowest BCUT2D eigenvalue weighted by atomic mass is 9.90. The van der Waals surface area contributed by atoms with E-state index in [0.717, 1.165) is 13.0 Å². The highest BCUT2D eigenvalue weighted by atomic mass is 16.4. The third kappa shape index (κ3) is 5.85. The molecule has 2 N–H and O–H groups in total. The van der Waals surface area contributed by atoms with E-state index in [4.69, 9.17) is 5.11 Å². The molecule has 0 aromatic carbocycles. The largest absolute Gasteiger partial charge is 0.480 e. The number of carboxylic acids is 1. The Hall–Kier alpha value is -0.570. The molecule has 0 aromatic heterocycles. The fourth-order valence-corrected chi connectivity index (χ4v) is 0.633. The van der Waals surface area contributed by atoms with Crippen LogP contribution in [0.3, 0.4) is 0 Å². The van der Waals surface area contributed by atoms with Gasteiger partial charge >= 0.3 is 5.97 Å². The number of nitrogens with one attached hydrogen (secondary N) is 1. The van der Waals surface area contributed by atoms with E-state index in [0.29, 0.717) is 0 Å². The minimum absolute atomic E-state index is 0.0590. The van der Waals surface area contributed by atoms with Gasteiger partial charge in [-0.2, -0.15) is 0 Å². The van der Waals surface area contributed by atoms with E-state index in [2.05, 4.69) is 26.1 Å². The Labute approximate surface area is 67.8 Å². The van der Waals surface area contributed by atoms with Crippen LogP contribution in [0.1, 0.15) is 27.2 Å². The molecule has 0 aliphatic carbocycles. The van der Waals surface area contributed by atoms with Crippen molar-refractivity contribution in [3.8, 4) is 0 Å². The third-order valence-corrected chi connectivity index (χ3v) is 1.84. The fraction of sp³-hybridized carbons (Fsp3) is 0.875. The van der Waals surface area contributed by atoms with E-state index >= 15 is 0 Å². The van der Waals surface area contributed by atoms with E-state index in [-0.39, 0.29) is 12.0 Å². The summed E-state index contributed by atoms with van der Waals surface area (Å²) < 4.78 is 0. The summed E-state index contributed by atoms with van der Waals surface area (Å²) in [6.07, 6.45) is 1.06. The maximum atomic E-state index is 10.1. The first-order valence-corrected chi connectivity index (χ1v) is 3.90. The molecule has 11 heavy (non-hydrogen) atoms. The van der Waals surface area contributed by atoms with Crippen molar-refractivity contribution in [3.63, 3.8) is 0 Å². The molecule has 0 saturated heterocycles. The van der Waals surface area contributed by atoms with Crippen LogP contribution in [-0.4, -0.2) is 24.2 Å². The molecule has 0 aliphatic rings. The van der Waals surface area contributed by atoms with Crippen LogP contribution >= 0.6 is 0 Å². The molecule has 0 radical (unpaired) electrons. The summed E-state index contributed by atoms with van der Waals surface area (Å²) in [5, 5.41) is 11.2. The van der Waals surface area contributed by atoms with Gasteiger partial charge in [-0.3, -0.25) is 4.79 Å². The van der Waals surface area contributed by atoms with Crippen LogP contribution in [0, 0.1) is 5.41 Å². The molecule has 0 spiro atoms. The highest BCUT2D eigenvalue weighted by Crippen LogP contribution is 2.17. The Bertz CT molecular complexity index is 132. The second-order valence-corrected chi connectivity index (χ2v) is 3.52. The lowest BCUT2D eigenvalue weighted by Crippen LogP contribution is -2.32. The van der Waals surface area contributed by atoms with Gasteiger partial charge in [0.2, 0.25) is 0 Å². The summed E-state index contributed by atoms with van der Waals surface area (Å²) >= 11 is 0. The van der Waals surface area contributed by atoms with E-state index in [1.807, 2.05) is 0 Å². The van der Waals surface area contributed by atoms with E-state index in [9.17, 15) is 4.79 Å². The maximum Gasteiger partial charge on any atom is 0.317 e. The highest BCUT2D eigenvalue weighted by molar-refractivity contribution is 5.68. The number of aliphatic carboxylic acids is 1. The number of carbonyl (C=O) groups is 1. The van der Waals surface area contributed by atoms with Gasteiger partial charge < -0.3 is 10.4 Å². The average molecular weight is 159 g/mol. The molecule has 0 rings (SSSR count). The van der Waals surface area contributed by atoms with Crippen LogP contribution in [0.15, 0.2) is 0 Å². The number of carboxylic acid groups (broad SMARTS) is 1. The first kappa shape index (κ1) is 10.4. The standard InChI is InChI=1S/C8H17NO2/c1-4-8(2,3)6-9-5-7(10)11/h9H,4-6H2,1-3H3,(H,10,11). The number of hydrogen-bond acceptors (Lipinski definition) is 2. The van der Waals surface area contributed by atoms with Gasteiger partial charge in [0.1, 0.15) is 0 Å². The van der Waals surface area contributed by atoms with Gasteiger partial charge in [-0.05, 0) is 11.8 Å². The van der Waals surface area contributed by atoms with Crippen molar-refractivity contribution in [1.82, 2.24) is 5.32 Å². The lowest BCUT2D eigenvalue weighted by molar-refractivity contribution is -0.136. The van der Waals surface area contributed by atoms with E-state index in [1.165, 1.54) is 0 Å². The molecular formula is C8H17NO2. The third-order valence-electron chi connectivity index (χ3n) is 1.84. The van der Waals surface area contributed by atoms with Crippen molar-refractivity contribution < 1.29 is 9.90 Å². The predicted octanol–water partition coefficient (Wildman–Crippen LogP) is 1.10. The summed E-state index contributed by atoms with van der Waals surface area (Å²) in [5.74, 6) is -0.795. The second kappa shape index (κ2) is 4.34. The molecule has 0 atom stereocenters. The molecule has 3 nitrogen and oxygen atoms in total. The Balaban J connectivity index is 3.45. The minimum atomic E-state index is -0.795. The first-order chi connectivity index (χ1) is 4.98. The molecular weight excluding hydrogens is 142 g/mol. The Morgan fingerprint density at radius 2 is 2.09 bits per heavy atom. The zero-order valence-corrected chi connectivity index (χ0v) is 7.48. The predicted molar refractivity (Wildman–Crippen MR) is 44.6 cm³/mol. The quantitative estimate of drug-likeness (QED) is 0.631. The Morgan fingerprint density at radius 3 is 2.45 bits per heavy atom. The molecule has 0 aliphatic heterocycles. The first-order valence-electron chi connectivity index (χ1n) is 3.90. The normalized spacial score (nSPS) is 11.5. The van der Waals surface area contributed by atoms with E-state index in [1.54, 1.807) is 0 Å². The zero-order chi connectivity index (χ0) is 8.91. The summed E-state index contributed by atoms with van der Waals surface area (Å²) in [5.41, 5.74) is 0.204. The average Bonchev–Trinajstić information content (AvgIpc) is 1.87. The zero-order valence-electron chi connectivity index (χ0n) is 7.48. The lowest BCUT2D eigenvalue weighted by Gasteiger charge is -2.22. The second-order valence-electron chi connectivity index (χ2n) is 3.52. The molecule has 0 fully saturated rings. The molecule has 0 aromatic rings. The molecule has 0 unspecified atom stereocenters. The molecule has 0 saturated carbocycles. The van der Waals surface area contributed by atoms with Crippen LogP contribution in [0.2, 0.25) is 0 Å². The smallest absolute Gasteiger partial charge is 0.317 e. The summed E-state index contributed by atoms with van der Waals surface area (Å²) in [6.45, 7) is 7.14. The molecule has 0 bridgehead atoms. The van der Waals surface area contributed by atoms with Crippen LogP contribution in [0.4, 0.5) is 0 Å². The van der Waals surface area contributed by atoms with Crippen LogP contribution in [0.5, 0.6) is 0 Å². The number of hydrogen-bond donors (Lipinski definition) is 2.